The summed E-state index contributed by atoms with van der Waals surface area (Å²) in [4.78, 5) is 24.3. The van der Waals surface area contributed by atoms with E-state index in [4.69, 9.17) is 32.7 Å². The van der Waals surface area contributed by atoms with Gasteiger partial charge in [-0.1, -0.05) is 23.2 Å². The molecule has 0 bridgehead atoms. The van der Waals surface area contributed by atoms with Crippen LogP contribution in [0.4, 0.5) is 18.9 Å². The van der Waals surface area contributed by atoms with Gasteiger partial charge in [-0.3, -0.25) is 9.59 Å². The molecule has 2 aromatic rings. The number of nitrogens with zero attached hydrogens (tertiary/aromatic N) is 2. The molecule has 0 spiro atoms. The largest absolute Gasteiger partial charge is 0.496 e. The second-order valence-corrected chi connectivity index (χ2v) is 8.72. The highest BCUT2D eigenvalue weighted by atomic mass is 35.5. The van der Waals surface area contributed by atoms with E-state index in [0.717, 1.165) is 43.5 Å². The molecule has 1 aliphatic heterocycles. The summed E-state index contributed by atoms with van der Waals surface area (Å²) in [5.41, 5.74) is -1.16. The van der Waals surface area contributed by atoms with Gasteiger partial charge in [0.1, 0.15) is 5.75 Å². The van der Waals surface area contributed by atoms with E-state index in [0.29, 0.717) is 5.01 Å². The second kappa shape index (κ2) is 10.4. The molecule has 1 aliphatic carbocycles. The Labute approximate surface area is 212 Å². The molecule has 9 nitrogen and oxygen atoms in total. The third kappa shape index (κ3) is 5.15. The minimum absolute atomic E-state index is 0.00181. The lowest BCUT2D eigenvalue weighted by Crippen LogP contribution is -2.54. The zero-order chi connectivity index (χ0) is 26.1. The van der Waals surface area contributed by atoms with Gasteiger partial charge in [0, 0.05) is 18.2 Å². The van der Waals surface area contributed by atoms with Gasteiger partial charge in [0.25, 0.3) is 18.2 Å². The van der Waals surface area contributed by atoms with E-state index in [1.165, 1.54) is 7.11 Å². The van der Waals surface area contributed by atoms with E-state index in [2.05, 4.69) is 10.4 Å². The Morgan fingerprint density at radius 2 is 1.89 bits per heavy atom. The maximum absolute atomic E-state index is 14.8. The van der Waals surface area contributed by atoms with Crippen molar-refractivity contribution < 1.29 is 37.3 Å². The molecule has 1 atom stereocenters. The van der Waals surface area contributed by atoms with Gasteiger partial charge in [-0.15, -0.1) is 0 Å². The standard InChI is InChI=1S/C22H19Cl2F3N4O5/c1-35-15-8-14(25)16(7-11(15)20(32)28-9-3-2-4-9)36-18-12(23)5-10(6-13(18)24)31-22(34)29-21(33)17(30-31)19(26)27/h5-9,19,22,34H,2-4H2,1H3,(H,28,32)(H,29,33). The van der Waals surface area contributed by atoms with Crippen LogP contribution in [0, 0.1) is 5.82 Å². The summed E-state index contributed by atoms with van der Waals surface area (Å²) in [5.74, 6) is -3.18. The molecular formula is C22H19Cl2F3N4O5. The normalized spacial score (nSPS) is 17.9. The van der Waals surface area contributed by atoms with Crippen LogP contribution in [0.1, 0.15) is 29.6 Å². The van der Waals surface area contributed by atoms with Crippen molar-refractivity contribution in [3.8, 4) is 17.2 Å². The van der Waals surface area contributed by atoms with Crippen molar-refractivity contribution in [3.63, 3.8) is 0 Å². The lowest BCUT2D eigenvalue weighted by molar-refractivity contribution is -0.119. The Balaban J connectivity index is 1.64. The van der Waals surface area contributed by atoms with Gasteiger partial charge in [0.15, 0.2) is 23.0 Å². The number of alkyl halides is 2. The maximum Gasteiger partial charge on any atom is 0.287 e. The van der Waals surface area contributed by atoms with Crippen molar-refractivity contribution in [2.45, 2.75) is 38.1 Å². The molecular weight excluding hydrogens is 528 g/mol. The van der Waals surface area contributed by atoms with E-state index in [-0.39, 0.29) is 44.6 Å². The monoisotopic (exact) mass is 546 g/mol. The lowest BCUT2D eigenvalue weighted by atomic mass is 9.93. The zero-order valence-corrected chi connectivity index (χ0v) is 20.0. The maximum atomic E-state index is 14.8. The van der Waals surface area contributed by atoms with Crippen molar-refractivity contribution in [2.24, 2.45) is 5.10 Å². The molecule has 1 unspecified atom stereocenters. The summed E-state index contributed by atoms with van der Waals surface area (Å²) in [6, 6.07) is 4.46. The third-order valence-corrected chi connectivity index (χ3v) is 6.11. The number of aliphatic hydroxyl groups excluding tert-OH is 1. The fraction of sp³-hybridized carbons (Fsp3) is 0.318. The van der Waals surface area contributed by atoms with Crippen molar-refractivity contribution in [3.05, 3.63) is 45.7 Å². The van der Waals surface area contributed by atoms with E-state index in [1.807, 2.05) is 5.32 Å². The van der Waals surface area contributed by atoms with E-state index in [9.17, 15) is 27.9 Å². The molecule has 2 aliphatic rings. The van der Waals surface area contributed by atoms with Crippen LogP contribution in [0.3, 0.4) is 0 Å². The van der Waals surface area contributed by atoms with Crippen LogP contribution in [0.2, 0.25) is 10.0 Å². The first-order chi connectivity index (χ1) is 17.1. The molecule has 4 rings (SSSR count). The highest BCUT2D eigenvalue weighted by Crippen LogP contribution is 2.42. The molecule has 1 fully saturated rings. The van der Waals surface area contributed by atoms with Crippen LogP contribution >= 0.6 is 23.2 Å². The molecule has 2 amide bonds. The number of benzene rings is 2. The minimum atomic E-state index is -3.21. The van der Waals surface area contributed by atoms with E-state index in [1.54, 1.807) is 0 Å². The van der Waals surface area contributed by atoms with Crippen molar-refractivity contribution in [1.29, 1.82) is 0 Å². The van der Waals surface area contributed by atoms with Gasteiger partial charge in [-0.05, 0) is 31.4 Å². The third-order valence-electron chi connectivity index (χ3n) is 5.55. The Bertz CT molecular complexity index is 1220. The van der Waals surface area contributed by atoms with Crippen LogP contribution in [0.15, 0.2) is 29.4 Å². The smallest absolute Gasteiger partial charge is 0.287 e. The van der Waals surface area contributed by atoms with Gasteiger partial charge in [-0.2, -0.15) is 5.10 Å². The average molecular weight is 547 g/mol. The van der Waals surface area contributed by atoms with Gasteiger partial charge in [0.2, 0.25) is 6.35 Å². The zero-order valence-electron chi connectivity index (χ0n) is 18.5. The molecule has 36 heavy (non-hydrogen) atoms. The first kappa shape index (κ1) is 25.9. The Hall–Kier alpha value is -3.22. The number of ether oxygens (including phenoxy) is 2. The summed E-state index contributed by atoms with van der Waals surface area (Å²) < 4.78 is 51.6. The number of carbonyl (C=O) groups is 2. The van der Waals surface area contributed by atoms with Gasteiger partial charge in [-0.25, -0.2) is 18.2 Å². The fourth-order valence-electron chi connectivity index (χ4n) is 3.47. The Kier molecular flexibility index (Phi) is 7.48. The van der Waals surface area contributed by atoms with Crippen LogP contribution in [-0.4, -0.2) is 48.6 Å². The summed E-state index contributed by atoms with van der Waals surface area (Å²) in [6.45, 7) is 0. The molecule has 1 saturated carbocycles. The molecule has 2 aromatic carbocycles. The summed E-state index contributed by atoms with van der Waals surface area (Å²) in [5, 5.41) is 18.5. The number of anilines is 1. The van der Waals surface area contributed by atoms with E-state index < -0.39 is 36.1 Å². The van der Waals surface area contributed by atoms with Crippen LogP contribution in [0.25, 0.3) is 0 Å². The molecule has 3 N–H and O–H groups in total. The quantitative estimate of drug-likeness (QED) is 0.483. The Morgan fingerprint density at radius 3 is 2.44 bits per heavy atom. The predicted molar refractivity (Wildman–Crippen MR) is 125 cm³/mol. The number of halogens is 5. The van der Waals surface area contributed by atoms with Crippen LogP contribution in [-0.2, 0) is 4.79 Å². The summed E-state index contributed by atoms with van der Waals surface area (Å²) >= 11 is 12.5. The lowest BCUT2D eigenvalue weighted by Gasteiger charge is -2.30. The topological polar surface area (TPSA) is 112 Å². The SMILES string of the molecule is COc1cc(F)c(Oc2c(Cl)cc(N3N=C(C(F)F)C(=O)NC3O)cc2Cl)cc1C(=O)NC1CCC1. The van der Waals surface area contributed by atoms with Crippen LogP contribution in [0.5, 0.6) is 17.2 Å². The molecule has 14 heteroatoms. The number of carbonyl (C=O) groups excluding carboxylic acids is 2. The van der Waals surface area contributed by atoms with Gasteiger partial charge in [0.05, 0.1) is 28.4 Å². The number of hydrazone groups is 1. The number of amides is 2. The highest BCUT2D eigenvalue weighted by Gasteiger charge is 2.33. The fourth-order valence-corrected chi connectivity index (χ4v) is 4.02. The number of aliphatic hydroxyl groups is 1. The highest BCUT2D eigenvalue weighted by molar-refractivity contribution is 6.41. The summed E-state index contributed by atoms with van der Waals surface area (Å²) in [7, 11) is 1.29. The molecule has 0 saturated heterocycles. The number of hydrogen-bond acceptors (Lipinski definition) is 7. The van der Waals surface area contributed by atoms with Crippen molar-refractivity contribution in [2.75, 3.05) is 12.1 Å². The van der Waals surface area contributed by atoms with Crippen LogP contribution < -0.4 is 25.1 Å². The first-order valence-electron chi connectivity index (χ1n) is 10.6. The molecule has 1 heterocycles. The molecule has 192 valence electrons. The van der Waals surface area contributed by atoms with Crippen molar-refractivity contribution >= 4 is 46.4 Å². The molecule has 0 aromatic heterocycles. The number of hydrogen-bond donors (Lipinski definition) is 3. The Morgan fingerprint density at radius 1 is 1.22 bits per heavy atom. The summed E-state index contributed by atoms with van der Waals surface area (Å²) in [6.07, 6.45) is -2.30. The number of methoxy groups -OCH3 is 1. The predicted octanol–water partition coefficient (Wildman–Crippen LogP) is 4.05. The van der Waals surface area contributed by atoms with Crippen molar-refractivity contribution in [1.82, 2.24) is 10.6 Å². The van der Waals surface area contributed by atoms with E-state index >= 15 is 0 Å². The number of nitrogens with one attached hydrogen (secondary N) is 2. The molecule has 0 radical (unpaired) electrons. The first-order valence-corrected chi connectivity index (χ1v) is 11.3. The second-order valence-electron chi connectivity index (χ2n) is 7.90. The van der Waals surface area contributed by atoms with Gasteiger partial charge < -0.3 is 25.2 Å². The van der Waals surface area contributed by atoms with Gasteiger partial charge >= 0.3 is 0 Å². The number of rotatable bonds is 7. The minimum Gasteiger partial charge on any atom is -0.496 e. The average Bonchev–Trinajstić information content (AvgIpc) is 2.78.